The third kappa shape index (κ3) is 3.21. The first-order chi connectivity index (χ1) is 7.64. The first-order valence-corrected chi connectivity index (χ1v) is 6.60. The van der Waals surface area contributed by atoms with Crippen molar-refractivity contribution in [1.82, 2.24) is 4.90 Å². The van der Waals surface area contributed by atoms with Gasteiger partial charge in [0.05, 0.1) is 5.41 Å². The number of hydrogen-bond acceptors (Lipinski definition) is 2. The van der Waals surface area contributed by atoms with E-state index in [4.69, 9.17) is 0 Å². The summed E-state index contributed by atoms with van der Waals surface area (Å²) in [6, 6.07) is 0. The Morgan fingerprint density at radius 3 is 2.31 bits per heavy atom. The monoisotopic (exact) mass is 227 g/mol. The highest BCUT2D eigenvalue weighted by atomic mass is 16.4. The highest BCUT2D eigenvalue weighted by molar-refractivity contribution is 5.75. The molecule has 94 valence electrons. The molecule has 1 aliphatic carbocycles. The molecule has 0 unspecified atom stereocenters. The van der Waals surface area contributed by atoms with Crippen LogP contribution in [-0.4, -0.2) is 35.6 Å². The molecule has 0 atom stereocenters. The number of rotatable bonds is 6. The molecule has 0 saturated heterocycles. The second kappa shape index (κ2) is 6.24. The van der Waals surface area contributed by atoms with Crippen LogP contribution in [-0.2, 0) is 4.79 Å². The van der Waals surface area contributed by atoms with Crippen molar-refractivity contribution < 1.29 is 9.90 Å². The van der Waals surface area contributed by atoms with Crippen molar-refractivity contribution >= 4 is 5.97 Å². The normalized spacial score (nSPS) is 19.9. The van der Waals surface area contributed by atoms with Gasteiger partial charge in [0.25, 0.3) is 0 Å². The molecule has 0 bridgehead atoms. The number of carbonyl (C=O) groups is 1. The van der Waals surface area contributed by atoms with Crippen LogP contribution in [0.5, 0.6) is 0 Å². The number of nitrogens with zero attached hydrogens (tertiary/aromatic N) is 1. The van der Waals surface area contributed by atoms with Gasteiger partial charge in [-0.05, 0) is 32.4 Å². The van der Waals surface area contributed by atoms with Crippen LogP contribution in [0, 0.1) is 5.41 Å². The fraction of sp³-hybridized carbons (Fsp3) is 0.923. The van der Waals surface area contributed by atoms with E-state index in [9.17, 15) is 9.90 Å². The van der Waals surface area contributed by atoms with Gasteiger partial charge in [-0.1, -0.05) is 33.1 Å². The van der Waals surface area contributed by atoms with Crippen molar-refractivity contribution in [3.63, 3.8) is 0 Å². The van der Waals surface area contributed by atoms with Crippen molar-refractivity contribution in [3.8, 4) is 0 Å². The zero-order chi connectivity index (χ0) is 12.0. The van der Waals surface area contributed by atoms with E-state index in [-0.39, 0.29) is 0 Å². The van der Waals surface area contributed by atoms with E-state index in [0.29, 0.717) is 0 Å². The molecule has 1 aliphatic rings. The molecule has 0 radical (unpaired) electrons. The van der Waals surface area contributed by atoms with Gasteiger partial charge in [0.15, 0.2) is 0 Å². The average molecular weight is 227 g/mol. The van der Waals surface area contributed by atoms with E-state index in [1.54, 1.807) is 0 Å². The van der Waals surface area contributed by atoms with Crippen LogP contribution >= 0.6 is 0 Å². The largest absolute Gasteiger partial charge is 0.481 e. The molecular formula is C13H25NO2. The molecular weight excluding hydrogens is 202 g/mol. The molecule has 0 heterocycles. The van der Waals surface area contributed by atoms with Crippen molar-refractivity contribution in [2.45, 2.75) is 52.4 Å². The highest BCUT2D eigenvalue weighted by Gasteiger charge is 2.40. The first kappa shape index (κ1) is 13.5. The maximum atomic E-state index is 11.5. The lowest BCUT2D eigenvalue weighted by molar-refractivity contribution is -0.152. The average Bonchev–Trinajstić information content (AvgIpc) is 2.29. The molecule has 0 aromatic rings. The lowest BCUT2D eigenvalue weighted by Crippen LogP contribution is -2.44. The van der Waals surface area contributed by atoms with Crippen molar-refractivity contribution in [3.05, 3.63) is 0 Å². The lowest BCUT2D eigenvalue weighted by atomic mass is 9.73. The van der Waals surface area contributed by atoms with Crippen molar-refractivity contribution in [1.29, 1.82) is 0 Å². The van der Waals surface area contributed by atoms with E-state index < -0.39 is 11.4 Å². The zero-order valence-electron chi connectivity index (χ0n) is 10.7. The Balaban J connectivity index is 2.65. The summed E-state index contributed by atoms with van der Waals surface area (Å²) in [6.45, 7) is 6.99. The third-order valence-electron chi connectivity index (χ3n) is 3.78. The summed E-state index contributed by atoms with van der Waals surface area (Å²) >= 11 is 0. The van der Waals surface area contributed by atoms with Crippen LogP contribution in [0.2, 0.25) is 0 Å². The Bertz CT molecular complexity index is 222. The Morgan fingerprint density at radius 2 is 1.88 bits per heavy atom. The van der Waals surface area contributed by atoms with Gasteiger partial charge in [-0.3, -0.25) is 4.79 Å². The summed E-state index contributed by atoms with van der Waals surface area (Å²) in [6.07, 6.45) is 6.19. The van der Waals surface area contributed by atoms with Crippen molar-refractivity contribution in [2.75, 3.05) is 19.6 Å². The third-order valence-corrected chi connectivity index (χ3v) is 3.78. The minimum Gasteiger partial charge on any atom is -0.481 e. The van der Waals surface area contributed by atoms with E-state index in [1.165, 1.54) is 6.42 Å². The maximum Gasteiger partial charge on any atom is 0.310 e. The topological polar surface area (TPSA) is 40.5 Å². The first-order valence-electron chi connectivity index (χ1n) is 6.60. The second-order valence-electron chi connectivity index (χ2n) is 5.01. The van der Waals surface area contributed by atoms with Crippen LogP contribution in [0.3, 0.4) is 0 Å². The molecule has 3 heteroatoms. The van der Waals surface area contributed by atoms with Gasteiger partial charge in [-0.25, -0.2) is 0 Å². The van der Waals surface area contributed by atoms with E-state index in [2.05, 4.69) is 18.7 Å². The standard InChI is InChI=1S/C13H25NO2/c1-3-10-14(4-2)11-13(12(15)16)8-6-5-7-9-13/h3-11H2,1-2H3,(H,15,16). The van der Waals surface area contributed by atoms with Gasteiger partial charge in [0, 0.05) is 6.54 Å². The van der Waals surface area contributed by atoms with E-state index >= 15 is 0 Å². The predicted molar refractivity (Wildman–Crippen MR) is 65.6 cm³/mol. The summed E-state index contributed by atoms with van der Waals surface area (Å²) in [5.74, 6) is -0.582. The van der Waals surface area contributed by atoms with E-state index in [0.717, 1.165) is 51.7 Å². The highest BCUT2D eigenvalue weighted by Crippen LogP contribution is 2.37. The second-order valence-corrected chi connectivity index (χ2v) is 5.01. The van der Waals surface area contributed by atoms with Crippen LogP contribution in [0.15, 0.2) is 0 Å². The summed E-state index contributed by atoms with van der Waals surface area (Å²) in [5.41, 5.74) is -0.455. The van der Waals surface area contributed by atoms with Crippen LogP contribution in [0.4, 0.5) is 0 Å². The number of hydrogen-bond donors (Lipinski definition) is 1. The summed E-state index contributed by atoms with van der Waals surface area (Å²) < 4.78 is 0. The van der Waals surface area contributed by atoms with Crippen molar-refractivity contribution in [2.24, 2.45) is 5.41 Å². The van der Waals surface area contributed by atoms with Gasteiger partial charge < -0.3 is 10.0 Å². The summed E-state index contributed by atoms with van der Waals surface area (Å²) in [4.78, 5) is 13.8. The molecule has 1 saturated carbocycles. The Morgan fingerprint density at radius 1 is 1.25 bits per heavy atom. The van der Waals surface area contributed by atoms with Crippen LogP contribution in [0.1, 0.15) is 52.4 Å². The SMILES string of the molecule is CCCN(CC)CC1(C(=O)O)CCCCC1. The zero-order valence-corrected chi connectivity index (χ0v) is 10.7. The molecule has 1 fully saturated rings. The fourth-order valence-corrected chi connectivity index (χ4v) is 2.76. The van der Waals surface area contributed by atoms with Gasteiger partial charge in [-0.15, -0.1) is 0 Å². The lowest BCUT2D eigenvalue weighted by Gasteiger charge is -2.37. The maximum absolute atomic E-state index is 11.5. The van der Waals surface area contributed by atoms with Gasteiger partial charge in [0.1, 0.15) is 0 Å². The number of carboxylic acid groups (broad SMARTS) is 1. The Hall–Kier alpha value is -0.570. The number of carboxylic acids is 1. The van der Waals surface area contributed by atoms with Gasteiger partial charge >= 0.3 is 5.97 Å². The predicted octanol–water partition coefficient (Wildman–Crippen LogP) is 2.75. The molecule has 3 nitrogen and oxygen atoms in total. The Labute approximate surface area is 98.8 Å². The summed E-state index contributed by atoms with van der Waals surface area (Å²) in [7, 11) is 0. The molecule has 0 aromatic carbocycles. The fourth-order valence-electron chi connectivity index (χ4n) is 2.76. The van der Waals surface area contributed by atoms with Crippen LogP contribution in [0.25, 0.3) is 0 Å². The minimum atomic E-state index is -0.582. The Kier molecular flexibility index (Phi) is 5.26. The molecule has 16 heavy (non-hydrogen) atoms. The molecule has 0 spiro atoms. The summed E-state index contributed by atoms with van der Waals surface area (Å²) in [5, 5.41) is 9.47. The minimum absolute atomic E-state index is 0.455. The quantitative estimate of drug-likeness (QED) is 0.758. The number of aliphatic carboxylic acids is 1. The molecule has 0 aliphatic heterocycles. The smallest absolute Gasteiger partial charge is 0.310 e. The molecule has 1 N–H and O–H groups in total. The van der Waals surface area contributed by atoms with Gasteiger partial charge in [-0.2, -0.15) is 0 Å². The van der Waals surface area contributed by atoms with Crippen LogP contribution < -0.4 is 0 Å². The van der Waals surface area contributed by atoms with Gasteiger partial charge in [0.2, 0.25) is 0 Å². The van der Waals surface area contributed by atoms with E-state index in [1.807, 2.05) is 0 Å². The molecule has 0 amide bonds. The molecule has 0 aromatic heterocycles. The molecule has 1 rings (SSSR count).